The van der Waals surface area contributed by atoms with Crippen molar-refractivity contribution < 1.29 is 28.6 Å². The summed E-state index contributed by atoms with van der Waals surface area (Å²) in [5, 5.41) is 0. The van der Waals surface area contributed by atoms with Gasteiger partial charge in [-0.3, -0.25) is 9.69 Å². The second-order valence-electron chi connectivity index (χ2n) is 10.3. The molecule has 0 aliphatic carbocycles. The van der Waals surface area contributed by atoms with Crippen LogP contribution in [-0.4, -0.2) is 64.5 Å². The van der Waals surface area contributed by atoms with E-state index in [9.17, 15) is 14.4 Å². The first-order valence-electron chi connectivity index (χ1n) is 11.7. The van der Waals surface area contributed by atoms with Crippen molar-refractivity contribution in [2.45, 2.75) is 77.3 Å². The monoisotopic (exact) mass is 472 g/mol. The van der Waals surface area contributed by atoms with Crippen LogP contribution >= 0.6 is 0 Å². The predicted molar refractivity (Wildman–Crippen MR) is 127 cm³/mol. The average Bonchev–Trinajstić information content (AvgIpc) is 3.25. The summed E-state index contributed by atoms with van der Waals surface area (Å²) in [5.74, 6) is -0.883. The number of amides is 3. The van der Waals surface area contributed by atoms with E-state index in [1.54, 1.807) is 45.6 Å². The molecule has 0 saturated carbocycles. The number of benzene rings is 1. The van der Waals surface area contributed by atoms with Crippen molar-refractivity contribution in [1.29, 1.82) is 0 Å². The second kappa shape index (κ2) is 10.2. The van der Waals surface area contributed by atoms with Crippen molar-refractivity contribution in [3.8, 4) is 0 Å². The third-order valence-electron chi connectivity index (χ3n) is 6.03. The van der Waals surface area contributed by atoms with E-state index in [0.29, 0.717) is 19.3 Å². The summed E-state index contributed by atoms with van der Waals surface area (Å²) in [6, 6.07) is 8.93. The van der Waals surface area contributed by atoms with Crippen LogP contribution < -0.4 is 0 Å². The van der Waals surface area contributed by atoms with Gasteiger partial charge in [0.15, 0.2) is 0 Å². The minimum atomic E-state index is -0.878. The fourth-order valence-electron chi connectivity index (χ4n) is 4.53. The maximum atomic E-state index is 13.6. The zero-order valence-electron chi connectivity index (χ0n) is 20.8. The van der Waals surface area contributed by atoms with Crippen LogP contribution in [0.5, 0.6) is 0 Å². The Morgan fingerprint density at radius 2 is 1.88 bits per heavy atom. The zero-order valence-corrected chi connectivity index (χ0v) is 20.8. The summed E-state index contributed by atoms with van der Waals surface area (Å²) >= 11 is 0. The molecule has 8 nitrogen and oxygen atoms in total. The number of rotatable bonds is 7. The highest BCUT2D eigenvalue weighted by atomic mass is 16.6. The Hall–Kier alpha value is -2.87. The Kier molecular flexibility index (Phi) is 7.70. The molecule has 0 bridgehead atoms. The van der Waals surface area contributed by atoms with E-state index in [1.807, 2.05) is 30.3 Å². The summed E-state index contributed by atoms with van der Waals surface area (Å²) in [5.41, 5.74) is -0.524. The SMILES string of the molecule is C=CC[C@@H](C[C@H]1COC(C)(C)N1C(=O)OC(C)(C)C)C(=O)N1C(=O)OC[C@H]1Cc1ccccc1. The van der Waals surface area contributed by atoms with Gasteiger partial charge < -0.3 is 14.2 Å². The molecule has 3 amide bonds. The summed E-state index contributed by atoms with van der Waals surface area (Å²) in [6.45, 7) is 13.2. The molecule has 0 N–H and O–H groups in total. The third-order valence-corrected chi connectivity index (χ3v) is 6.03. The number of ether oxygens (including phenoxy) is 3. The predicted octanol–water partition coefficient (Wildman–Crippen LogP) is 4.53. The minimum absolute atomic E-state index is 0.157. The van der Waals surface area contributed by atoms with Gasteiger partial charge in [0.05, 0.1) is 18.7 Å². The molecule has 1 aromatic carbocycles. The second-order valence-corrected chi connectivity index (χ2v) is 10.3. The number of hydrogen-bond acceptors (Lipinski definition) is 6. The van der Waals surface area contributed by atoms with E-state index >= 15 is 0 Å². The van der Waals surface area contributed by atoms with Gasteiger partial charge in [0.1, 0.15) is 17.9 Å². The van der Waals surface area contributed by atoms with Gasteiger partial charge in [0.2, 0.25) is 5.91 Å². The maximum absolute atomic E-state index is 13.6. The van der Waals surface area contributed by atoms with Crippen molar-refractivity contribution in [2.24, 2.45) is 5.92 Å². The van der Waals surface area contributed by atoms with E-state index < -0.39 is 29.4 Å². The molecule has 1 aromatic rings. The molecular weight excluding hydrogens is 436 g/mol. The van der Waals surface area contributed by atoms with Gasteiger partial charge in [0.25, 0.3) is 0 Å². The Morgan fingerprint density at radius 3 is 2.50 bits per heavy atom. The van der Waals surface area contributed by atoms with Crippen LogP contribution in [0.2, 0.25) is 0 Å². The summed E-state index contributed by atoms with van der Waals surface area (Å²) in [7, 11) is 0. The molecule has 0 unspecified atom stereocenters. The summed E-state index contributed by atoms with van der Waals surface area (Å²) in [6.07, 6.45) is 1.73. The lowest BCUT2D eigenvalue weighted by Crippen LogP contribution is -2.51. The molecule has 0 spiro atoms. The van der Waals surface area contributed by atoms with E-state index in [2.05, 4.69) is 6.58 Å². The maximum Gasteiger partial charge on any atom is 0.416 e. The van der Waals surface area contributed by atoms with Crippen molar-refractivity contribution >= 4 is 18.1 Å². The van der Waals surface area contributed by atoms with Crippen molar-refractivity contribution in [3.63, 3.8) is 0 Å². The molecule has 2 heterocycles. The lowest BCUT2D eigenvalue weighted by molar-refractivity contribution is -0.134. The van der Waals surface area contributed by atoms with Crippen LogP contribution in [0.25, 0.3) is 0 Å². The molecule has 3 rings (SSSR count). The Bertz CT molecular complexity index is 908. The Balaban J connectivity index is 1.78. The number of hydrogen-bond donors (Lipinski definition) is 0. The lowest BCUT2D eigenvalue weighted by Gasteiger charge is -2.36. The van der Waals surface area contributed by atoms with Crippen LogP contribution in [0.15, 0.2) is 43.0 Å². The molecular formula is C26H36N2O6. The first kappa shape index (κ1) is 25.7. The van der Waals surface area contributed by atoms with Gasteiger partial charge >= 0.3 is 12.2 Å². The van der Waals surface area contributed by atoms with Gasteiger partial charge in [-0.15, -0.1) is 6.58 Å². The topological polar surface area (TPSA) is 85.4 Å². The highest BCUT2D eigenvalue weighted by Crippen LogP contribution is 2.34. The summed E-state index contributed by atoms with van der Waals surface area (Å²) in [4.78, 5) is 41.9. The molecule has 0 aromatic heterocycles. The molecule has 186 valence electrons. The van der Waals surface area contributed by atoms with Crippen LogP contribution in [-0.2, 0) is 25.4 Å². The fourth-order valence-corrected chi connectivity index (χ4v) is 4.53. The molecule has 8 heteroatoms. The molecule has 2 aliphatic rings. The van der Waals surface area contributed by atoms with Gasteiger partial charge in [-0.1, -0.05) is 36.4 Å². The van der Waals surface area contributed by atoms with Crippen LogP contribution in [0, 0.1) is 5.92 Å². The molecule has 3 atom stereocenters. The standard InChI is InChI=1S/C26H36N2O6/c1-7-11-19(15-21-17-33-26(5,6)28(21)24(31)34-25(2,3)4)22(29)27-20(16-32-23(27)30)14-18-12-9-8-10-13-18/h7-10,12-13,19-21H,1,11,14-17H2,2-6H3/t19-,20+,21-/m0/s1. The Labute approximate surface area is 201 Å². The molecule has 2 saturated heterocycles. The molecule has 34 heavy (non-hydrogen) atoms. The first-order valence-corrected chi connectivity index (χ1v) is 11.7. The highest BCUT2D eigenvalue weighted by molar-refractivity contribution is 5.95. The molecule has 0 radical (unpaired) electrons. The Morgan fingerprint density at radius 1 is 1.21 bits per heavy atom. The quantitative estimate of drug-likeness (QED) is 0.542. The van der Waals surface area contributed by atoms with E-state index in [4.69, 9.17) is 14.2 Å². The number of cyclic esters (lactones) is 1. The number of carbonyl (C=O) groups excluding carboxylic acids is 3. The van der Waals surface area contributed by atoms with Crippen LogP contribution in [0.4, 0.5) is 9.59 Å². The van der Waals surface area contributed by atoms with Gasteiger partial charge in [-0.05, 0) is 59.4 Å². The first-order chi connectivity index (χ1) is 15.9. The number of carbonyl (C=O) groups is 3. The lowest BCUT2D eigenvalue weighted by atomic mass is 9.93. The minimum Gasteiger partial charge on any atom is -0.447 e. The van der Waals surface area contributed by atoms with Crippen LogP contribution in [0.1, 0.15) is 53.0 Å². The van der Waals surface area contributed by atoms with Crippen molar-refractivity contribution in [1.82, 2.24) is 9.80 Å². The summed E-state index contributed by atoms with van der Waals surface area (Å²) < 4.78 is 16.7. The smallest absolute Gasteiger partial charge is 0.416 e. The number of imide groups is 1. The van der Waals surface area contributed by atoms with E-state index in [0.717, 1.165) is 5.56 Å². The van der Waals surface area contributed by atoms with Crippen LogP contribution in [0.3, 0.4) is 0 Å². The number of allylic oxidation sites excluding steroid dienone is 1. The van der Waals surface area contributed by atoms with Crippen molar-refractivity contribution in [3.05, 3.63) is 48.6 Å². The molecule has 2 aliphatic heterocycles. The van der Waals surface area contributed by atoms with E-state index in [-0.39, 0.29) is 31.2 Å². The largest absolute Gasteiger partial charge is 0.447 e. The van der Waals surface area contributed by atoms with Gasteiger partial charge in [-0.25, -0.2) is 14.5 Å². The average molecular weight is 473 g/mol. The highest BCUT2D eigenvalue weighted by Gasteiger charge is 2.48. The normalized spacial score (nSPS) is 22.9. The van der Waals surface area contributed by atoms with Crippen molar-refractivity contribution in [2.75, 3.05) is 13.2 Å². The fraction of sp³-hybridized carbons (Fsp3) is 0.577. The number of nitrogens with zero attached hydrogens (tertiary/aromatic N) is 2. The third kappa shape index (κ3) is 5.97. The van der Waals surface area contributed by atoms with E-state index in [1.165, 1.54) is 4.90 Å². The molecule has 2 fully saturated rings. The zero-order chi connectivity index (χ0) is 25.1. The van der Waals surface area contributed by atoms with Gasteiger partial charge in [-0.2, -0.15) is 0 Å². The van der Waals surface area contributed by atoms with Gasteiger partial charge in [0, 0.05) is 5.92 Å².